The van der Waals surface area contributed by atoms with E-state index in [4.69, 9.17) is 0 Å². The molecule has 2 aliphatic rings. The van der Waals surface area contributed by atoms with Crippen LogP contribution < -0.4 is 5.32 Å². The summed E-state index contributed by atoms with van der Waals surface area (Å²) in [5.41, 5.74) is 0. The number of hydrogen-bond acceptors (Lipinski definition) is 2. The Morgan fingerprint density at radius 2 is 1.82 bits per heavy atom. The van der Waals surface area contributed by atoms with Crippen LogP contribution in [-0.2, 0) is 4.79 Å². The van der Waals surface area contributed by atoms with Crippen molar-refractivity contribution in [2.45, 2.75) is 64.0 Å². The normalized spacial score (nSPS) is 31.2. The van der Waals surface area contributed by atoms with Crippen molar-refractivity contribution >= 4 is 5.91 Å². The molecule has 0 bridgehead atoms. The molecule has 1 aliphatic carbocycles. The molecule has 1 saturated heterocycles. The van der Waals surface area contributed by atoms with Crippen LogP contribution in [0.5, 0.6) is 0 Å². The van der Waals surface area contributed by atoms with Crippen molar-refractivity contribution in [3.05, 3.63) is 0 Å². The highest BCUT2D eigenvalue weighted by molar-refractivity contribution is 5.79. The summed E-state index contributed by atoms with van der Waals surface area (Å²) in [6.07, 6.45) is 8.54. The van der Waals surface area contributed by atoms with Crippen molar-refractivity contribution in [1.29, 1.82) is 0 Å². The van der Waals surface area contributed by atoms with Crippen molar-refractivity contribution in [2.75, 3.05) is 13.6 Å². The lowest BCUT2D eigenvalue weighted by atomic mass is 9.91. The third kappa shape index (κ3) is 3.21. The van der Waals surface area contributed by atoms with Gasteiger partial charge in [0.1, 0.15) is 0 Å². The summed E-state index contributed by atoms with van der Waals surface area (Å²) in [6, 6.07) is 1.09. The molecule has 0 spiro atoms. The van der Waals surface area contributed by atoms with E-state index < -0.39 is 0 Å². The van der Waals surface area contributed by atoms with Crippen molar-refractivity contribution < 1.29 is 4.79 Å². The van der Waals surface area contributed by atoms with Gasteiger partial charge in [0.15, 0.2) is 0 Å². The maximum atomic E-state index is 12.4. The molecule has 1 heterocycles. The molecule has 0 aromatic heterocycles. The Kier molecular flexibility index (Phi) is 4.43. The maximum absolute atomic E-state index is 12.4. The Hall–Kier alpha value is -0.570. The van der Waals surface area contributed by atoms with Crippen LogP contribution in [0.4, 0.5) is 0 Å². The molecule has 2 unspecified atom stereocenters. The van der Waals surface area contributed by atoms with Crippen molar-refractivity contribution in [3.8, 4) is 0 Å². The van der Waals surface area contributed by atoms with Gasteiger partial charge in [-0.2, -0.15) is 0 Å². The van der Waals surface area contributed by atoms with E-state index in [0.717, 1.165) is 19.4 Å². The highest BCUT2D eigenvalue weighted by Gasteiger charge is 2.29. The first kappa shape index (κ1) is 12.9. The predicted molar refractivity (Wildman–Crippen MR) is 69.8 cm³/mol. The molecule has 1 saturated carbocycles. The minimum absolute atomic E-state index is 0.220. The van der Waals surface area contributed by atoms with Gasteiger partial charge in [-0.25, -0.2) is 0 Å². The summed E-state index contributed by atoms with van der Waals surface area (Å²) in [4.78, 5) is 14.4. The molecule has 0 aromatic rings. The average molecular weight is 238 g/mol. The monoisotopic (exact) mass is 238 g/mol. The molecule has 3 nitrogen and oxygen atoms in total. The molecule has 0 aromatic carbocycles. The molecular weight excluding hydrogens is 212 g/mol. The molecule has 1 aliphatic heterocycles. The summed E-state index contributed by atoms with van der Waals surface area (Å²) in [6.45, 7) is 3.07. The van der Waals surface area contributed by atoms with E-state index in [2.05, 4.69) is 12.2 Å². The standard InChI is InChI=1S/C14H26N2O/c1-11-8-9-12(10-15-11)14(17)16(2)13-6-4-3-5-7-13/h11-13,15H,3-10H2,1-2H3. The summed E-state index contributed by atoms with van der Waals surface area (Å²) < 4.78 is 0. The van der Waals surface area contributed by atoms with Crippen LogP contribution in [0.25, 0.3) is 0 Å². The Balaban J connectivity index is 1.85. The zero-order chi connectivity index (χ0) is 12.3. The molecule has 98 valence electrons. The predicted octanol–water partition coefficient (Wildman–Crippen LogP) is 2.17. The van der Waals surface area contributed by atoms with E-state index in [-0.39, 0.29) is 5.92 Å². The van der Waals surface area contributed by atoms with Gasteiger partial charge in [0.25, 0.3) is 0 Å². The Morgan fingerprint density at radius 3 is 2.41 bits per heavy atom. The van der Waals surface area contributed by atoms with E-state index >= 15 is 0 Å². The van der Waals surface area contributed by atoms with Crippen molar-refractivity contribution in [2.24, 2.45) is 5.92 Å². The fraction of sp³-hybridized carbons (Fsp3) is 0.929. The zero-order valence-electron chi connectivity index (χ0n) is 11.2. The van der Waals surface area contributed by atoms with Crippen LogP contribution in [0.3, 0.4) is 0 Å². The van der Waals surface area contributed by atoms with E-state index in [1.54, 1.807) is 0 Å². The number of nitrogens with zero attached hydrogens (tertiary/aromatic N) is 1. The molecular formula is C14H26N2O. The van der Waals surface area contributed by atoms with Gasteiger partial charge in [-0.05, 0) is 32.6 Å². The summed E-state index contributed by atoms with van der Waals surface area (Å²) in [7, 11) is 2.01. The van der Waals surface area contributed by atoms with Crippen molar-refractivity contribution in [3.63, 3.8) is 0 Å². The molecule has 0 radical (unpaired) electrons. The first-order chi connectivity index (χ1) is 8.18. The first-order valence-electron chi connectivity index (χ1n) is 7.18. The van der Waals surface area contributed by atoms with Crippen LogP contribution in [0.1, 0.15) is 51.9 Å². The average Bonchev–Trinajstić information content (AvgIpc) is 2.39. The number of hydrogen-bond donors (Lipinski definition) is 1. The molecule has 2 fully saturated rings. The minimum Gasteiger partial charge on any atom is -0.342 e. The third-order valence-electron chi connectivity index (χ3n) is 4.48. The number of nitrogens with one attached hydrogen (secondary N) is 1. The topological polar surface area (TPSA) is 32.3 Å². The number of carbonyl (C=O) groups is 1. The van der Waals surface area contributed by atoms with Crippen LogP contribution in [0.2, 0.25) is 0 Å². The van der Waals surface area contributed by atoms with E-state index in [9.17, 15) is 4.79 Å². The second kappa shape index (κ2) is 5.85. The van der Waals surface area contributed by atoms with Gasteiger partial charge < -0.3 is 10.2 Å². The SMILES string of the molecule is CC1CCC(C(=O)N(C)C2CCCCC2)CN1. The maximum Gasteiger partial charge on any atom is 0.226 e. The zero-order valence-corrected chi connectivity index (χ0v) is 11.2. The van der Waals surface area contributed by atoms with Gasteiger partial charge in [-0.1, -0.05) is 19.3 Å². The molecule has 17 heavy (non-hydrogen) atoms. The second-order valence-corrected chi connectivity index (χ2v) is 5.82. The fourth-order valence-electron chi connectivity index (χ4n) is 3.15. The van der Waals surface area contributed by atoms with Crippen LogP contribution >= 0.6 is 0 Å². The van der Waals surface area contributed by atoms with Gasteiger partial charge >= 0.3 is 0 Å². The third-order valence-corrected chi connectivity index (χ3v) is 4.48. The number of carbonyl (C=O) groups excluding carboxylic acids is 1. The van der Waals surface area contributed by atoms with Gasteiger partial charge in [-0.3, -0.25) is 4.79 Å². The lowest BCUT2D eigenvalue weighted by molar-refractivity contribution is -0.137. The quantitative estimate of drug-likeness (QED) is 0.799. The number of piperidine rings is 1. The lowest BCUT2D eigenvalue weighted by Gasteiger charge is -2.35. The number of rotatable bonds is 2. The van der Waals surface area contributed by atoms with E-state index in [0.29, 0.717) is 18.0 Å². The second-order valence-electron chi connectivity index (χ2n) is 5.82. The molecule has 2 rings (SSSR count). The smallest absolute Gasteiger partial charge is 0.226 e. The van der Waals surface area contributed by atoms with Crippen LogP contribution in [0.15, 0.2) is 0 Å². The van der Waals surface area contributed by atoms with Crippen LogP contribution in [0, 0.1) is 5.92 Å². The Morgan fingerprint density at radius 1 is 1.12 bits per heavy atom. The van der Waals surface area contributed by atoms with E-state index in [1.165, 1.54) is 32.1 Å². The summed E-state index contributed by atoms with van der Waals surface area (Å²) >= 11 is 0. The summed E-state index contributed by atoms with van der Waals surface area (Å²) in [5.74, 6) is 0.592. The van der Waals surface area contributed by atoms with Gasteiger partial charge in [0.2, 0.25) is 5.91 Å². The highest BCUT2D eigenvalue weighted by Crippen LogP contribution is 2.24. The largest absolute Gasteiger partial charge is 0.342 e. The molecule has 1 amide bonds. The van der Waals surface area contributed by atoms with Gasteiger partial charge in [0, 0.05) is 25.7 Å². The van der Waals surface area contributed by atoms with Crippen molar-refractivity contribution in [1.82, 2.24) is 10.2 Å². The van der Waals surface area contributed by atoms with Crippen LogP contribution in [-0.4, -0.2) is 36.5 Å². The minimum atomic E-state index is 0.220. The molecule has 2 atom stereocenters. The Labute approximate surface area is 105 Å². The van der Waals surface area contributed by atoms with Gasteiger partial charge in [0.05, 0.1) is 5.92 Å². The summed E-state index contributed by atoms with van der Waals surface area (Å²) in [5, 5.41) is 3.42. The van der Waals surface area contributed by atoms with E-state index in [1.807, 2.05) is 11.9 Å². The first-order valence-corrected chi connectivity index (χ1v) is 7.18. The number of amides is 1. The molecule has 1 N–H and O–H groups in total. The van der Waals surface area contributed by atoms with Gasteiger partial charge in [-0.15, -0.1) is 0 Å². The fourth-order valence-corrected chi connectivity index (χ4v) is 3.15. The Bertz CT molecular complexity index is 253. The highest BCUT2D eigenvalue weighted by atomic mass is 16.2. The lowest BCUT2D eigenvalue weighted by Crippen LogP contribution is -2.47. The molecule has 3 heteroatoms.